The van der Waals surface area contributed by atoms with E-state index in [1.807, 2.05) is 6.07 Å². The molecular formula is C54H65ClF4N8O9S. The fourth-order valence-electron chi connectivity index (χ4n) is 9.96. The number of ether oxygens (including phenoxy) is 3. The molecule has 0 unspecified atom stereocenters. The van der Waals surface area contributed by atoms with E-state index >= 15 is 0 Å². The van der Waals surface area contributed by atoms with E-state index in [4.69, 9.17) is 30.6 Å². The van der Waals surface area contributed by atoms with Crippen LogP contribution in [-0.4, -0.2) is 113 Å². The molecular weight excluding hydrogens is 1050 g/mol. The van der Waals surface area contributed by atoms with Crippen molar-refractivity contribution < 1.29 is 60.0 Å². The lowest BCUT2D eigenvalue weighted by Crippen LogP contribution is -2.41. The highest BCUT2D eigenvalue weighted by Crippen LogP contribution is 2.38. The van der Waals surface area contributed by atoms with E-state index < -0.39 is 50.7 Å². The topological polar surface area (TPSA) is 231 Å². The number of nitrogens with one attached hydrogen (secondary N) is 5. The van der Waals surface area contributed by atoms with Crippen LogP contribution in [0.2, 0.25) is 5.02 Å². The van der Waals surface area contributed by atoms with Crippen molar-refractivity contribution in [1.82, 2.24) is 30.8 Å². The molecule has 2 saturated carbocycles. The first-order valence-corrected chi connectivity index (χ1v) is 28.1. The maximum absolute atomic E-state index is 14.5. The number of alkyl halides is 3. The standard InChI is InChI=1S/C54H65ClF4N8O9S/c1-67-48(69)31-43(49(67)35-7-4-21-61-32-35)52(71)63-23-26-75-40-19-17-39(18-20-40)74-24-5-10-47(68)64-37-15-12-33(13-16-37)51(70)62-22-6-25-76-46-28-36(56)14-11-34(46)27-45-42(30-44(55)50(66-45)54(57,58)59)53(72)65-38-8-3-9-41(29-38)77(2,60)73/h3-4,7-9,11,14,21,28-30,32-33,37,39-40,43,49,60H,5-6,10,12-13,15-20,22-27,31H2,1-2H3,(H,62,70)(H,63,71)(H,64,68)(H,65,72)/t33?,37?,39?,40?,43-,49+,77+/m0/s1. The number of aromatic nitrogens is 2. The Kier molecular flexibility index (Phi) is 20.4. The minimum Gasteiger partial charge on any atom is -0.493 e. The summed E-state index contributed by atoms with van der Waals surface area (Å²) < 4.78 is 94.6. The van der Waals surface area contributed by atoms with Crippen molar-refractivity contribution in [2.24, 2.45) is 11.8 Å². The minimum absolute atomic E-state index is 0.00310. The fraction of sp³-hybridized carbons (Fsp3) is 0.500. The highest BCUT2D eigenvalue weighted by Gasteiger charge is 2.43. The van der Waals surface area contributed by atoms with Gasteiger partial charge in [0.1, 0.15) is 11.6 Å². The maximum Gasteiger partial charge on any atom is 0.434 e. The first-order chi connectivity index (χ1) is 36.7. The molecule has 416 valence electrons. The molecule has 3 heterocycles. The fourth-order valence-corrected chi connectivity index (χ4v) is 10.9. The van der Waals surface area contributed by atoms with Crippen molar-refractivity contribution in [2.75, 3.05) is 51.5 Å². The van der Waals surface area contributed by atoms with Crippen molar-refractivity contribution in [3.8, 4) is 5.75 Å². The van der Waals surface area contributed by atoms with Gasteiger partial charge in [-0.25, -0.2) is 18.4 Å². The van der Waals surface area contributed by atoms with Gasteiger partial charge >= 0.3 is 6.18 Å². The SMILES string of the molecule is CN1C(=O)C[C@H](C(=O)NCCOC2CCC(OCCCC(=O)NC3CCC(C(=O)NCCCOc4cc(F)ccc4Cc4nc(C(F)(F)F)c(Cl)cc4C(=O)Nc4cccc([S@](C)(=N)=O)c4)CC3)CC2)[C@H]1c1cccnc1. The number of hydrogen-bond acceptors (Lipinski definition) is 12. The number of carbonyl (C=O) groups excluding carboxylic acids is 5. The van der Waals surface area contributed by atoms with Crippen LogP contribution in [0.1, 0.15) is 116 Å². The first-order valence-electron chi connectivity index (χ1n) is 25.8. The van der Waals surface area contributed by atoms with E-state index in [1.165, 1.54) is 36.6 Å². The Morgan fingerprint density at radius 2 is 1.58 bits per heavy atom. The quantitative estimate of drug-likeness (QED) is 0.0351. The molecule has 2 aliphatic carbocycles. The first kappa shape index (κ1) is 58.5. The van der Waals surface area contributed by atoms with Gasteiger partial charge in [0.05, 0.1) is 63.4 Å². The van der Waals surface area contributed by atoms with Gasteiger partial charge < -0.3 is 40.4 Å². The smallest absolute Gasteiger partial charge is 0.434 e. The van der Waals surface area contributed by atoms with Crippen LogP contribution in [0.5, 0.6) is 5.75 Å². The van der Waals surface area contributed by atoms with Gasteiger partial charge in [0.25, 0.3) is 5.91 Å². The number of benzene rings is 2. The number of amides is 5. The average molecular weight is 1110 g/mol. The van der Waals surface area contributed by atoms with E-state index in [2.05, 4.69) is 31.2 Å². The van der Waals surface area contributed by atoms with Gasteiger partial charge in [0.15, 0.2) is 5.69 Å². The van der Waals surface area contributed by atoms with Gasteiger partial charge in [-0.3, -0.25) is 29.0 Å². The van der Waals surface area contributed by atoms with Crippen molar-refractivity contribution in [3.05, 3.63) is 112 Å². The summed E-state index contributed by atoms with van der Waals surface area (Å²) in [6.45, 7) is 1.40. The lowest BCUT2D eigenvalue weighted by Gasteiger charge is -2.29. The Hall–Kier alpha value is -6.23. The number of halogens is 5. The van der Waals surface area contributed by atoms with Crippen molar-refractivity contribution in [2.45, 2.75) is 119 Å². The Bertz CT molecular complexity index is 2830. The van der Waals surface area contributed by atoms with Gasteiger partial charge in [0, 0.05) is 98.8 Å². The van der Waals surface area contributed by atoms with Crippen LogP contribution in [0.15, 0.2) is 78.0 Å². The van der Waals surface area contributed by atoms with Gasteiger partial charge in [-0.15, -0.1) is 0 Å². The third-order valence-corrected chi connectivity index (χ3v) is 15.5. The Morgan fingerprint density at radius 3 is 2.27 bits per heavy atom. The maximum atomic E-state index is 14.5. The molecule has 3 aliphatic rings. The Morgan fingerprint density at radius 1 is 0.870 bits per heavy atom. The van der Waals surface area contributed by atoms with E-state index in [0.29, 0.717) is 64.7 Å². The Labute approximate surface area is 450 Å². The van der Waals surface area contributed by atoms with E-state index in [-0.39, 0.29) is 107 Å². The molecule has 0 bridgehead atoms. The second kappa shape index (κ2) is 26.9. The molecule has 77 heavy (non-hydrogen) atoms. The minimum atomic E-state index is -4.97. The van der Waals surface area contributed by atoms with Gasteiger partial charge in [-0.1, -0.05) is 29.8 Å². The number of rotatable bonds is 23. The van der Waals surface area contributed by atoms with Crippen LogP contribution in [0.3, 0.4) is 0 Å². The predicted octanol–water partition coefficient (Wildman–Crippen LogP) is 8.19. The van der Waals surface area contributed by atoms with Crippen molar-refractivity contribution >= 4 is 56.6 Å². The van der Waals surface area contributed by atoms with E-state index in [0.717, 1.165) is 49.4 Å². The largest absolute Gasteiger partial charge is 0.493 e. The zero-order valence-electron chi connectivity index (χ0n) is 42.9. The van der Waals surface area contributed by atoms with Crippen LogP contribution in [0.4, 0.5) is 23.2 Å². The Balaban J connectivity index is 0.760. The highest BCUT2D eigenvalue weighted by atomic mass is 35.5. The summed E-state index contributed by atoms with van der Waals surface area (Å²) in [5.41, 5.74) is -0.895. The average Bonchev–Trinajstić information content (AvgIpc) is 3.71. The molecule has 17 nitrogen and oxygen atoms in total. The summed E-state index contributed by atoms with van der Waals surface area (Å²) in [6, 6.07) is 13.3. The summed E-state index contributed by atoms with van der Waals surface area (Å²) in [5.74, 6) is -2.77. The summed E-state index contributed by atoms with van der Waals surface area (Å²) in [6.07, 6.45) is 6.48. The molecule has 3 fully saturated rings. The lowest BCUT2D eigenvalue weighted by atomic mass is 9.85. The molecule has 23 heteroatoms. The summed E-state index contributed by atoms with van der Waals surface area (Å²) in [5, 5.41) is 10.7. The zero-order valence-corrected chi connectivity index (χ0v) is 44.5. The third-order valence-electron chi connectivity index (χ3n) is 14.1. The highest BCUT2D eigenvalue weighted by molar-refractivity contribution is 7.91. The van der Waals surface area contributed by atoms with Crippen LogP contribution in [0.25, 0.3) is 0 Å². The van der Waals surface area contributed by atoms with Crippen molar-refractivity contribution in [3.63, 3.8) is 0 Å². The molecule has 1 aliphatic heterocycles. The predicted molar refractivity (Wildman–Crippen MR) is 278 cm³/mol. The molecule has 3 atom stereocenters. The summed E-state index contributed by atoms with van der Waals surface area (Å²) >= 11 is 5.98. The number of likely N-dealkylation sites (tertiary alicyclic amines) is 1. The van der Waals surface area contributed by atoms with Gasteiger partial charge in [0.2, 0.25) is 23.6 Å². The van der Waals surface area contributed by atoms with Crippen molar-refractivity contribution in [1.29, 1.82) is 4.78 Å². The monoisotopic (exact) mass is 1110 g/mol. The molecule has 7 rings (SSSR count). The third kappa shape index (κ3) is 16.6. The molecule has 1 saturated heterocycles. The molecule has 0 radical (unpaired) electrons. The number of carbonyl (C=O) groups is 5. The number of pyridine rings is 2. The zero-order chi connectivity index (χ0) is 55.3. The van der Waals surface area contributed by atoms with E-state index in [1.54, 1.807) is 30.4 Å². The summed E-state index contributed by atoms with van der Waals surface area (Å²) in [4.78, 5) is 74.5. The molecule has 5 amide bonds. The summed E-state index contributed by atoms with van der Waals surface area (Å²) in [7, 11) is -1.45. The number of hydrogen-bond donors (Lipinski definition) is 5. The lowest BCUT2D eigenvalue weighted by molar-refractivity contribution is -0.141. The van der Waals surface area contributed by atoms with Crippen LogP contribution in [-0.2, 0) is 51.0 Å². The number of nitrogens with zero attached hydrogens (tertiary/aromatic N) is 3. The van der Waals surface area contributed by atoms with Crippen LogP contribution in [0, 0.1) is 22.4 Å². The molecule has 5 N–H and O–H groups in total. The van der Waals surface area contributed by atoms with Gasteiger partial charge in [-0.05, 0) is 106 Å². The second-order valence-electron chi connectivity index (χ2n) is 19.8. The van der Waals surface area contributed by atoms with E-state index in [9.17, 15) is 45.7 Å². The van der Waals surface area contributed by atoms with Crippen LogP contribution >= 0.6 is 11.6 Å². The molecule has 2 aromatic carbocycles. The molecule has 2 aromatic heterocycles. The normalized spacial score (nSPS) is 21.4. The number of anilines is 1. The van der Waals surface area contributed by atoms with Crippen LogP contribution < -0.4 is 26.0 Å². The molecule has 4 aromatic rings. The molecule has 0 spiro atoms. The second-order valence-corrected chi connectivity index (χ2v) is 22.3. The van der Waals surface area contributed by atoms with Gasteiger partial charge in [-0.2, -0.15) is 13.2 Å².